The molecule has 1 fully saturated rings. The van der Waals surface area contributed by atoms with Gasteiger partial charge in [0.1, 0.15) is 0 Å². The van der Waals surface area contributed by atoms with Crippen LogP contribution in [-0.2, 0) is 30.9 Å². The largest absolute Gasteiger partial charge is 0.417 e. The van der Waals surface area contributed by atoms with Gasteiger partial charge in [-0.05, 0) is 78.4 Å². The van der Waals surface area contributed by atoms with Crippen LogP contribution in [0.3, 0.4) is 0 Å². The molecular formula is C39H47ClF3N9O6S. The SMILES string of the molecule is [N-]=[N+]=NCCOCCOCCOCCNC(=O)C(N)CSCc1cccc(C(=O)Nc2ccc(N3CCCCC3)cc2C(=O)N/N=C/c2ccc(Cl)c(C(F)(F)F)c2)c1. The van der Waals surface area contributed by atoms with Gasteiger partial charge in [0.15, 0.2) is 0 Å². The summed E-state index contributed by atoms with van der Waals surface area (Å²) in [4.78, 5) is 44.2. The zero-order valence-corrected chi connectivity index (χ0v) is 33.8. The van der Waals surface area contributed by atoms with Gasteiger partial charge in [-0.25, -0.2) is 5.43 Å². The number of ether oxygens (including phenoxy) is 3. The monoisotopic (exact) mass is 861 g/mol. The van der Waals surface area contributed by atoms with Crippen LogP contribution < -0.4 is 26.7 Å². The number of halogens is 4. The van der Waals surface area contributed by atoms with Crippen LogP contribution in [0.2, 0.25) is 5.02 Å². The minimum atomic E-state index is -4.67. The van der Waals surface area contributed by atoms with Crippen molar-refractivity contribution < 1.29 is 41.8 Å². The number of nitrogens with one attached hydrogen (secondary N) is 3. The fraction of sp³-hybridized carbons (Fsp3) is 0.436. The first-order chi connectivity index (χ1) is 28.5. The number of nitrogens with two attached hydrogens (primary N) is 1. The number of hydrazone groups is 1. The van der Waals surface area contributed by atoms with E-state index in [9.17, 15) is 27.6 Å². The molecule has 59 heavy (non-hydrogen) atoms. The van der Waals surface area contributed by atoms with Crippen LogP contribution in [0, 0.1) is 0 Å². The van der Waals surface area contributed by atoms with Crippen LogP contribution in [-0.4, -0.2) is 102 Å². The number of azide groups is 1. The van der Waals surface area contributed by atoms with Crippen LogP contribution in [0.5, 0.6) is 0 Å². The Balaban J connectivity index is 1.26. The van der Waals surface area contributed by atoms with Crippen molar-refractivity contribution in [1.29, 1.82) is 0 Å². The molecule has 3 aromatic carbocycles. The Hall–Kier alpha value is -4.88. The lowest BCUT2D eigenvalue weighted by Crippen LogP contribution is -2.43. The van der Waals surface area contributed by atoms with Crippen molar-refractivity contribution in [3.05, 3.63) is 104 Å². The van der Waals surface area contributed by atoms with Gasteiger partial charge in [-0.2, -0.15) is 30.0 Å². The van der Waals surface area contributed by atoms with E-state index in [1.807, 2.05) is 12.1 Å². The number of alkyl halides is 3. The third-order valence-electron chi connectivity index (χ3n) is 8.67. The number of rotatable bonds is 23. The molecule has 0 saturated carbocycles. The zero-order valence-electron chi connectivity index (χ0n) is 32.2. The number of nitrogens with zero attached hydrogens (tertiary/aromatic N) is 5. The number of piperidine rings is 1. The van der Waals surface area contributed by atoms with Crippen molar-refractivity contribution in [3.8, 4) is 0 Å². The van der Waals surface area contributed by atoms with Crippen LogP contribution in [0.1, 0.15) is 56.7 Å². The number of amides is 3. The van der Waals surface area contributed by atoms with Gasteiger partial charge in [-0.15, -0.1) is 0 Å². The number of anilines is 2. The fourth-order valence-electron chi connectivity index (χ4n) is 5.69. The van der Waals surface area contributed by atoms with Gasteiger partial charge >= 0.3 is 6.18 Å². The van der Waals surface area contributed by atoms with Gasteiger partial charge < -0.3 is 35.5 Å². The summed E-state index contributed by atoms with van der Waals surface area (Å²) in [5.74, 6) is -0.672. The van der Waals surface area contributed by atoms with E-state index in [4.69, 9.17) is 37.1 Å². The number of hydrogen-bond acceptors (Lipinski definition) is 11. The maximum Gasteiger partial charge on any atom is 0.417 e. The van der Waals surface area contributed by atoms with E-state index in [-0.39, 0.29) is 42.4 Å². The number of carbonyl (C=O) groups is 3. The van der Waals surface area contributed by atoms with Crippen molar-refractivity contribution in [2.75, 3.05) is 81.8 Å². The average molecular weight is 862 g/mol. The quantitative estimate of drug-likeness (QED) is 0.0208. The molecule has 1 aliphatic rings. The average Bonchev–Trinajstić information content (AvgIpc) is 3.23. The predicted octanol–water partition coefficient (Wildman–Crippen LogP) is 6.40. The number of thioether (sulfide) groups is 1. The molecule has 318 valence electrons. The van der Waals surface area contributed by atoms with Crippen LogP contribution in [0.4, 0.5) is 24.5 Å². The maximum atomic E-state index is 13.5. The number of benzene rings is 3. The second-order valence-corrected chi connectivity index (χ2v) is 14.5. The maximum absolute atomic E-state index is 13.5. The Morgan fingerprint density at radius 2 is 1.68 bits per heavy atom. The summed E-state index contributed by atoms with van der Waals surface area (Å²) in [6.07, 6.45) is -0.498. The summed E-state index contributed by atoms with van der Waals surface area (Å²) >= 11 is 7.15. The van der Waals surface area contributed by atoms with Crippen molar-refractivity contribution in [2.45, 2.75) is 37.2 Å². The molecule has 5 N–H and O–H groups in total. The smallest absolute Gasteiger partial charge is 0.379 e. The number of hydrogen-bond donors (Lipinski definition) is 4. The van der Waals surface area contributed by atoms with Gasteiger partial charge in [0, 0.05) is 53.8 Å². The van der Waals surface area contributed by atoms with E-state index >= 15 is 0 Å². The van der Waals surface area contributed by atoms with E-state index in [2.05, 4.69) is 36.1 Å². The lowest BCUT2D eigenvalue weighted by molar-refractivity contribution is -0.137. The topological polar surface area (TPSA) is 205 Å². The van der Waals surface area contributed by atoms with Gasteiger partial charge in [-0.3, -0.25) is 14.4 Å². The first-order valence-corrected chi connectivity index (χ1v) is 20.3. The first-order valence-electron chi connectivity index (χ1n) is 18.8. The normalized spacial score (nSPS) is 13.5. The molecule has 1 aliphatic heterocycles. The Kier molecular flexibility index (Phi) is 19.8. The predicted molar refractivity (Wildman–Crippen MR) is 222 cm³/mol. The molecule has 3 aromatic rings. The lowest BCUT2D eigenvalue weighted by Gasteiger charge is -2.29. The Labute approximate surface area is 349 Å². The summed E-state index contributed by atoms with van der Waals surface area (Å²) in [5.41, 5.74) is 18.0. The molecule has 1 heterocycles. The molecule has 3 amide bonds. The second kappa shape index (κ2) is 24.9. The van der Waals surface area contributed by atoms with Gasteiger partial charge in [-0.1, -0.05) is 34.9 Å². The molecule has 0 spiro atoms. The van der Waals surface area contributed by atoms with E-state index in [0.717, 1.165) is 62.0 Å². The Bertz CT molecular complexity index is 1930. The summed E-state index contributed by atoms with van der Waals surface area (Å²) < 4.78 is 56.1. The molecule has 0 aromatic heterocycles. The summed E-state index contributed by atoms with van der Waals surface area (Å²) in [6.45, 7) is 4.23. The van der Waals surface area contributed by atoms with Gasteiger partial charge in [0.25, 0.3) is 11.8 Å². The fourth-order valence-corrected chi connectivity index (χ4v) is 6.85. The molecule has 20 heteroatoms. The third kappa shape index (κ3) is 16.4. The standard InChI is InChI=1S/C39H47ClF3N9O6S/c40-33-9-7-27(22-32(33)39(41,42)43)24-48-50-37(54)31-23-30(52-13-2-1-3-14-52)8-10-35(31)49-36(53)29-6-4-5-28(21-29)25-59-26-34(44)38(55)46-11-15-56-17-19-58-20-18-57-16-12-47-51-45/h4-10,21-24,34H,1-3,11-20,25-26,44H2,(H,46,55)(H,49,53)(H,50,54)/b48-24+. The van der Waals surface area contributed by atoms with E-state index < -0.39 is 34.6 Å². The van der Waals surface area contributed by atoms with E-state index in [0.29, 0.717) is 50.1 Å². The van der Waals surface area contributed by atoms with Crippen LogP contribution in [0.25, 0.3) is 10.4 Å². The van der Waals surface area contributed by atoms with Gasteiger partial charge in [0.05, 0.1) is 73.7 Å². The van der Waals surface area contributed by atoms with Crippen molar-refractivity contribution >= 4 is 58.7 Å². The highest BCUT2D eigenvalue weighted by Gasteiger charge is 2.33. The van der Waals surface area contributed by atoms with Crippen LogP contribution >= 0.6 is 23.4 Å². The van der Waals surface area contributed by atoms with Crippen molar-refractivity contribution in [3.63, 3.8) is 0 Å². The molecule has 0 bridgehead atoms. The molecule has 0 radical (unpaired) electrons. The second-order valence-electron chi connectivity index (χ2n) is 13.1. The molecule has 4 rings (SSSR count). The first kappa shape index (κ1) is 46.8. The summed E-state index contributed by atoms with van der Waals surface area (Å²) in [5, 5.41) is 12.4. The lowest BCUT2D eigenvalue weighted by atomic mass is 10.1. The summed E-state index contributed by atoms with van der Waals surface area (Å²) in [7, 11) is 0. The highest BCUT2D eigenvalue weighted by molar-refractivity contribution is 7.98. The Morgan fingerprint density at radius 1 is 0.949 bits per heavy atom. The van der Waals surface area contributed by atoms with Gasteiger partial charge in [0.2, 0.25) is 5.91 Å². The molecular weight excluding hydrogens is 815 g/mol. The van der Waals surface area contributed by atoms with Crippen molar-refractivity contribution in [1.82, 2.24) is 10.7 Å². The van der Waals surface area contributed by atoms with Crippen molar-refractivity contribution in [2.24, 2.45) is 15.9 Å². The third-order valence-corrected chi connectivity index (χ3v) is 10.1. The number of carbonyl (C=O) groups excluding carboxylic acids is 3. The molecule has 0 aliphatic carbocycles. The van der Waals surface area contributed by atoms with E-state index in [1.54, 1.807) is 30.3 Å². The molecule has 1 atom stereocenters. The molecule has 1 saturated heterocycles. The van der Waals surface area contributed by atoms with E-state index in [1.165, 1.54) is 17.8 Å². The summed E-state index contributed by atoms with van der Waals surface area (Å²) in [6, 6.07) is 14.5. The molecule has 15 nitrogen and oxygen atoms in total. The highest BCUT2D eigenvalue weighted by Crippen LogP contribution is 2.35. The van der Waals surface area contributed by atoms with Crippen LogP contribution in [0.15, 0.2) is 70.9 Å². The highest BCUT2D eigenvalue weighted by atomic mass is 35.5. The Morgan fingerprint density at radius 3 is 2.41 bits per heavy atom. The zero-order chi connectivity index (χ0) is 42.5. The minimum Gasteiger partial charge on any atom is -0.379 e. The minimum absolute atomic E-state index is 0.0709. The molecule has 1 unspecified atom stereocenters.